The van der Waals surface area contributed by atoms with Crippen LogP contribution in [0.25, 0.3) is 0 Å². The second-order valence-electron chi connectivity index (χ2n) is 4.65. The number of ether oxygens (including phenoxy) is 1. The molecule has 22 heavy (non-hydrogen) atoms. The van der Waals surface area contributed by atoms with Crippen LogP contribution in [0.15, 0.2) is 24.3 Å². The van der Waals surface area contributed by atoms with E-state index in [0.29, 0.717) is 10.6 Å². The minimum atomic E-state index is -3.53. The topological polar surface area (TPSA) is 61.8 Å². The average Bonchev–Trinajstić information content (AvgIpc) is 2.47. The Balaban J connectivity index is 2.82. The largest absolute Gasteiger partial charge is 0.457 e. The molecule has 0 aliphatic heterocycles. The van der Waals surface area contributed by atoms with Crippen molar-refractivity contribution in [2.45, 2.75) is 39.5 Å². The number of carbonyl (C=O) groups is 1. The number of hydrogen-bond donors (Lipinski definition) is 0. The summed E-state index contributed by atoms with van der Waals surface area (Å²) in [5, 5.41) is 0.508. The minimum absolute atomic E-state index is 0.189. The fourth-order valence-corrected chi connectivity index (χ4v) is 3.74. The van der Waals surface area contributed by atoms with E-state index in [1.54, 1.807) is 45.0 Å². The van der Waals surface area contributed by atoms with Crippen LogP contribution in [0.2, 0.25) is 5.02 Å². The SMILES string of the molecule is CCOP(=O)(OCC)C(C)C(=O)OC(C)c1ccccc1Cl. The first-order valence-electron chi connectivity index (χ1n) is 7.19. The molecule has 0 aliphatic carbocycles. The Morgan fingerprint density at radius 2 is 1.73 bits per heavy atom. The van der Waals surface area contributed by atoms with E-state index in [1.807, 2.05) is 0 Å². The summed E-state index contributed by atoms with van der Waals surface area (Å²) in [6.45, 7) is 6.95. The first-order valence-corrected chi connectivity index (χ1v) is 9.18. The van der Waals surface area contributed by atoms with Gasteiger partial charge in [-0.3, -0.25) is 9.36 Å². The van der Waals surface area contributed by atoms with E-state index in [9.17, 15) is 9.36 Å². The van der Waals surface area contributed by atoms with Gasteiger partial charge in [0.05, 0.1) is 13.2 Å². The summed E-state index contributed by atoms with van der Waals surface area (Å²) in [4.78, 5) is 12.2. The van der Waals surface area contributed by atoms with E-state index in [0.717, 1.165) is 0 Å². The predicted octanol–water partition coefficient (Wildman–Crippen LogP) is 4.60. The molecule has 0 saturated heterocycles. The van der Waals surface area contributed by atoms with E-state index >= 15 is 0 Å². The van der Waals surface area contributed by atoms with Crippen molar-refractivity contribution in [1.82, 2.24) is 0 Å². The highest BCUT2D eigenvalue weighted by Gasteiger charge is 2.39. The van der Waals surface area contributed by atoms with Crippen LogP contribution in [-0.2, 0) is 23.1 Å². The van der Waals surface area contributed by atoms with Gasteiger partial charge in [-0.15, -0.1) is 0 Å². The van der Waals surface area contributed by atoms with Crippen molar-refractivity contribution in [3.63, 3.8) is 0 Å². The van der Waals surface area contributed by atoms with Crippen LogP contribution < -0.4 is 0 Å². The number of rotatable bonds is 8. The molecule has 0 saturated carbocycles. The number of hydrogen-bond acceptors (Lipinski definition) is 5. The molecule has 0 spiro atoms. The second-order valence-corrected chi connectivity index (χ2v) is 7.43. The zero-order valence-corrected chi connectivity index (χ0v) is 14.9. The van der Waals surface area contributed by atoms with Crippen LogP contribution in [-0.4, -0.2) is 24.8 Å². The molecule has 0 heterocycles. The molecule has 124 valence electrons. The lowest BCUT2D eigenvalue weighted by atomic mass is 10.1. The third kappa shape index (κ3) is 4.82. The molecule has 1 aromatic rings. The van der Waals surface area contributed by atoms with E-state index in [-0.39, 0.29) is 13.2 Å². The summed E-state index contributed by atoms with van der Waals surface area (Å²) in [5.41, 5.74) is -0.315. The molecule has 1 aromatic carbocycles. The Bertz CT molecular complexity index is 538. The average molecular weight is 349 g/mol. The van der Waals surface area contributed by atoms with Crippen LogP contribution >= 0.6 is 19.2 Å². The Morgan fingerprint density at radius 3 is 2.23 bits per heavy atom. The number of esters is 1. The van der Waals surface area contributed by atoms with Crippen molar-refractivity contribution < 1.29 is 23.1 Å². The molecule has 0 N–H and O–H groups in total. The maximum atomic E-state index is 12.6. The molecule has 0 aromatic heterocycles. The maximum Gasteiger partial charge on any atom is 0.344 e. The number of halogens is 1. The Kier molecular flexibility index (Phi) is 7.57. The fourth-order valence-electron chi connectivity index (χ4n) is 1.89. The lowest BCUT2D eigenvalue weighted by molar-refractivity contribution is -0.148. The molecule has 0 amide bonds. The van der Waals surface area contributed by atoms with Crippen molar-refractivity contribution in [3.8, 4) is 0 Å². The van der Waals surface area contributed by atoms with Crippen molar-refractivity contribution in [3.05, 3.63) is 34.9 Å². The summed E-state index contributed by atoms with van der Waals surface area (Å²) < 4.78 is 28.3. The molecule has 1 rings (SSSR count). The molecule has 0 aliphatic rings. The van der Waals surface area contributed by atoms with Gasteiger partial charge < -0.3 is 13.8 Å². The highest BCUT2D eigenvalue weighted by molar-refractivity contribution is 7.55. The van der Waals surface area contributed by atoms with Gasteiger partial charge in [0, 0.05) is 10.6 Å². The molecule has 7 heteroatoms. The third-order valence-corrected chi connectivity index (χ3v) is 5.81. The van der Waals surface area contributed by atoms with Gasteiger partial charge in [-0.25, -0.2) is 0 Å². The third-order valence-electron chi connectivity index (χ3n) is 3.07. The number of benzene rings is 1. The van der Waals surface area contributed by atoms with Crippen LogP contribution in [0.5, 0.6) is 0 Å². The first kappa shape index (κ1) is 19.2. The Morgan fingerprint density at radius 1 is 1.18 bits per heavy atom. The predicted molar refractivity (Wildman–Crippen MR) is 86.3 cm³/mol. The summed E-state index contributed by atoms with van der Waals surface area (Å²) >= 11 is 6.08. The summed E-state index contributed by atoms with van der Waals surface area (Å²) in [6.07, 6.45) is -0.555. The van der Waals surface area contributed by atoms with E-state index < -0.39 is 25.3 Å². The summed E-state index contributed by atoms with van der Waals surface area (Å²) in [7, 11) is -3.53. The molecule has 5 nitrogen and oxygen atoms in total. The van der Waals surface area contributed by atoms with E-state index in [1.165, 1.54) is 6.92 Å². The Labute approximate surface area is 136 Å². The molecule has 0 radical (unpaired) electrons. The van der Waals surface area contributed by atoms with Gasteiger partial charge in [-0.2, -0.15) is 0 Å². The molecule has 0 fully saturated rings. The molecule has 2 atom stereocenters. The monoisotopic (exact) mass is 348 g/mol. The van der Waals surface area contributed by atoms with Crippen LogP contribution in [0.1, 0.15) is 39.4 Å². The lowest BCUT2D eigenvalue weighted by Crippen LogP contribution is -2.24. The van der Waals surface area contributed by atoms with Crippen LogP contribution in [0.3, 0.4) is 0 Å². The van der Waals surface area contributed by atoms with Crippen LogP contribution in [0, 0.1) is 0 Å². The highest BCUT2D eigenvalue weighted by Crippen LogP contribution is 2.53. The zero-order chi connectivity index (χ0) is 16.8. The minimum Gasteiger partial charge on any atom is -0.457 e. The standard InChI is InChI=1S/C15H22ClO5P/c1-5-19-22(18,20-6-2)12(4)15(17)21-11(3)13-9-7-8-10-14(13)16/h7-12H,5-6H2,1-4H3. The first-order chi connectivity index (χ1) is 10.4. The molecular formula is C15H22ClO5P. The molecular weight excluding hydrogens is 327 g/mol. The van der Waals surface area contributed by atoms with Gasteiger partial charge in [0.2, 0.25) is 0 Å². The van der Waals surface area contributed by atoms with Crippen LogP contribution in [0.4, 0.5) is 0 Å². The lowest BCUT2D eigenvalue weighted by Gasteiger charge is -2.24. The van der Waals surface area contributed by atoms with Crippen molar-refractivity contribution in [1.29, 1.82) is 0 Å². The van der Waals surface area contributed by atoms with Crippen molar-refractivity contribution in [2.24, 2.45) is 0 Å². The molecule has 2 unspecified atom stereocenters. The highest BCUT2D eigenvalue weighted by atomic mass is 35.5. The van der Waals surface area contributed by atoms with Crippen molar-refractivity contribution in [2.75, 3.05) is 13.2 Å². The second kappa shape index (κ2) is 8.68. The van der Waals surface area contributed by atoms with Gasteiger partial charge in [-0.05, 0) is 33.8 Å². The van der Waals surface area contributed by atoms with Gasteiger partial charge in [0.15, 0.2) is 5.66 Å². The quantitative estimate of drug-likeness (QED) is 0.507. The van der Waals surface area contributed by atoms with Crippen molar-refractivity contribution >= 4 is 25.2 Å². The van der Waals surface area contributed by atoms with Gasteiger partial charge in [0.1, 0.15) is 6.10 Å². The normalized spacial score (nSPS) is 14.4. The number of carbonyl (C=O) groups excluding carboxylic acids is 1. The summed E-state index contributed by atoms with van der Waals surface area (Å²) in [5.74, 6) is -0.641. The van der Waals surface area contributed by atoms with Gasteiger partial charge in [0.25, 0.3) is 0 Å². The molecule has 0 bridgehead atoms. The maximum absolute atomic E-state index is 12.6. The smallest absolute Gasteiger partial charge is 0.344 e. The summed E-state index contributed by atoms with van der Waals surface area (Å²) in [6, 6.07) is 7.09. The Hall–Kier alpha value is -0.870. The fraction of sp³-hybridized carbons (Fsp3) is 0.533. The zero-order valence-electron chi connectivity index (χ0n) is 13.2. The van der Waals surface area contributed by atoms with E-state index in [4.69, 9.17) is 25.4 Å². The van der Waals surface area contributed by atoms with Gasteiger partial charge in [-0.1, -0.05) is 29.8 Å². The van der Waals surface area contributed by atoms with E-state index in [2.05, 4.69) is 0 Å². The van der Waals surface area contributed by atoms with Gasteiger partial charge >= 0.3 is 13.6 Å².